The molecule has 4 rings (SSSR count). The Labute approximate surface area is 154 Å². The molecule has 1 amide bonds. The van der Waals surface area contributed by atoms with Gasteiger partial charge in [0.1, 0.15) is 11.5 Å². The van der Waals surface area contributed by atoms with Gasteiger partial charge in [-0.05, 0) is 43.3 Å². The number of primary amides is 1. The highest BCUT2D eigenvalue weighted by Crippen LogP contribution is 2.30. The van der Waals surface area contributed by atoms with Crippen molar-refractivity contribution in [3.63, 3.8) is 0 Å². The molecule has 0 spiro atoms. The monoisotopic (exact) mass is 364 g/mol. The highest BCUT2D eigenvalue weighted by Gasteiger charge is 2.17. The number of nitrogens with two attached hydrogens (primary N) is 1. The zero-order chi connectivity index (χ0) is 19.0. The SMILES string of the molecule is CCn1cnc(-c2ccc(F)cc2)c1-c1ccc2ncc(CC(N)=O)n2n1. The fourth-order valence-corrected chi connectivity index (χ4v) is 3.06. The summed E-state index contributed by atoms with van der Waals surface area (Å²) >= 11 is 0. The minimum Gasteiger partial charge on any atom is -0.369 e. The van der Waals surface area contributed by atoms with Gasteiger partial charge in [-0.25, -0.2) is 18.9 Å². The van der Waals surface area contributed by atoms with E-state index in [0.717, 1.165) is 11.3 Å². The molecular weight excluding hydrogens is 347 g/mol. The first-order valence-electron chi connectivity index (χ1n) is 8.50. The summed E-state index contributed by atoms with van der Waals surface area (Å²) in [6.07, 6.45) is 3.38. The number of aromatic nitrogens is 5. The second kappa shape index (κ2) is 6.64. The summed E-state index contributed by atoms with van der Waals surface area (Å²) in [5, 5.41) is 4.65. The molecule has 27 heavy (non-hydrogen) atoms. The van der Waals surface area contributed by atoms with Crippen LogP contribution >= 0.6 is 0 Å². The summed E-state index contributed by atoms with van der Waals surface area (Å²) < 4.78 is 16.9. The summed E-state index contributed by atoms with van der Waals surface area (Å²) in [4.78, 5) is 20.1. The first-order valence-corrected chi connectivity index (χ1v) is 8.50. The molecule has 0 radical (unpaired) electrons. The number of hydrogen-bond acceptors (Lipinski definition) is 4. The van der Waals surface area contributed by atoms with Crippen molar-refractivity contribution in [2.24, 2.45) is 5.73 Å². The van der Waals surface area contributed by atoms with Crippen molar-refractivity contribution in [3.8, 4) is 22.6 Å². The van der Waals surface area contributed by atoms with Gasteiger partial charge in [-0.3, -0.25) is 4.79 Å². The van der Waals surface area contributed by atoms with Crippen LogP contribution in [0.25, 0.3) is 28.3 Å². The molecule has 7 nitrogen and oxygen atoms in total. The Morgan fingerprint density at radius 2 is 1.93 bits per heavy atom. The van der Waals surface area contributed by atoms with E-state index in [1.807, 2.05) is 23.6 Å². The number of carbonyl (C=O) groups is 1. The van der Waals surface area contributed by atoms with Gasteiger partial charge in [-0.15, -0.1) is 0 Å². The van der Waals surface area contributed by atoms with Gasteiger partial charge in [0.05, 0.1) is 36.0 Å². The number of amides is 1. The zero-order valence-electron chi connectivity index (χ0n) is 14.6. The molecule has 0 atom stereocenters. The van der Waals surface area contributed by atoms with Gasteiger partial charge in [0, 0.05) is 12.1 Å². The van der Waals surface area contributed by atoms with Crippen LogP contribution in [-0.4, -0.2) is 30.1 Å². The third-order valence-electron chi connectivity index (χ3n) is 4.33. The lowest BCUT2D eigenvalue weighted by atomic mass is 10.1. The fraction of sp³-hybridized carbons (Fsp3) is 0.158. The first kappa shape index (κ1) is 16.9. The molecule has 3 heterocycles. The van der Waals surface area contributed by atoms with Gasteiger partial charge >= 0.3 is 0 Å². The van der Waals surface area contributed by atoms with E-state index < -0.39 is 5.91 Å². The van der Waals surface area contributed by atoms with Crippen molar-refractivity contribution < 1.29 is 9.18 Å². The van der Waals surface area contributed by atoms with E-state index in [4.69, 9.17) is 5.73 Å². The Morgan fingerprint density at radius 3 is 2.63 bits per heavy atom. The molecule has 0 aliphatic heterocycles. The van der Waals surface area contributed by atoms with Gasteiger partial charge in [-0.1, -0.05) is 0 Å². The largest absolute Gasteiger partial charge is 0.369 e. The summed E-state index contributed by atoms with van der Waals surface area (Å²) in [5.41, 5.74) is 9.54. The third kappa shape index (κ3) is 3.05. The predicted molar refractivity (Wildman–Crippen MR) is 98.2 cm³/mol. The Bertz CT molecular complexity index is 1130. The molecule has 2 N–H and O–H groups in total. The summed E-state index contributed by atoms with van der Waals surface area (Å²) in [6, 6.07) is 9.87. The maximum absolute atomic E-state index is 13.3. The van der Waals surface area contributed by atoms with Gasteiger partial charge < -0.3 is 10.3 Å². The number of fused-ring (bicyclic) bond motifs is 1. The number of hydrogen-bond donors (Lipinski definition) is 1. The molecule has 0 saturated carbocycles. The lowest BCUT2D eigenvalue weighted by molar-refractivity contribution is -0.117. The van der Waals surface area contributed by atoms with E-state index in [1.54, 1.807) is 29.2 Å². The highest BCUT2D eigenvalue weighted by atomic mass is 19.1. The smallest absolute Gasteiger partial charge is 0.223 e. The molecule has 1 aromatic carbocycles. The van der Waals surface area contributed by atoms with E-state index in [9.17, 15) is 9.18 Å². The van der Waals surface area contributed by atoms with E-state index in [2.05, 4.69) is 15.1 Å². The van der Waals surface area contributed by atoms with Crippen molar-refractivity contribution in [3.05, 3.63) is 60.4 Å². The minimum atomic E-state index is -0.449. The van der Waals surface area contributed by atoms with Crippen molar-refractivity contribution >= 4 is 11.6 Å². The minimum absolute atomic E-state index is 0.0511. The van der Waals surface area contributed by atoms with Crippen LogP contribution in [-0.2, 0) is 17.8 Å². The average Bonchev–Trinajstić information content (AvgIpc) is 3.26. The Kier molecular flexibility index (Phi) is 4.15. The number of rotatable bonds is 5. The fourth-order valence-electron chi connectivity index (χ4n) is 3.06. The van der Waals surface area contributed by atoms with Crippen LogP contribution in [0, 0.1) is 5.82 Å². The summed E-state index contributed by atoms with van der Waals surface area (Å²) in [7, 11) is 0. The van der Waals surface area contributed by atoms with Crippen LogP contribution in [0.3, 0.4) is 0 Å². The molecule has 0 aliphatic carbocycles. The lowest BCUT2D eigenvalue weighted by Crippen LogP contribution is -2.15. The van der Waals surface area contributed by atoms with Gasteiger partial charge in [0.15, 0.2) is 5.65 Å². The van der Waals surface area contributed by atoms with Crippen LogP contribution in [0.4, 0.5) is 4.39 Å². The molecular formula is C19H17FN6O. The number of imidazole rings is 2. The van der Waals surface area contributed by atoms with Crippen molar-refractivity contribution in [2.45, 2.75) is 19.9 Å². The number of nitrogens with zero attached hydrogens (tertiary/aromatic N) is 5. The number of halogens is 1. The van der Waals surface area contributed by atoms with E-state index in [1.165, 1.54) is 12.1 Å². The molecule has 0 unspecified atom stereocenters. The van der Waals surface area contributed by atoms with E-state index >= 15 is 0 Å². The van der Waals surface area contributed by atoms with Gasteiger partial charge in [-0.2, -0.15) is 5.10 Å². The van der Waals surface area contributed by atoms with E-state index in [-0.39, 0.29) is 12.2 Å². The van der Waals surface area contributed by atoms with Crippen LogP contribution < -0.4 is 5.73 Å². The third-order valence-corrected chi connectivity index (χ3v) is 4.33. The Morgan fingerprint density at radius 1 is 1.15 bits per heavy atom. The van der Waals surface area contributed by atoms with Crippen molar-refractivity contribution in [2.75, 3.05) is 0 Å². The molecule has 136 valence electrons. The zero-order valence-corrected chi connectivity index (χ0v) is 14.6. The summed E-state index contributed by atoms with van der Waals surface area (Å²) in [5.74, 6) is -0.751. The highest BCUT2D eigenvalue weighted by molar-refractivity contribution is 5.78. The normalized spacial score (nSPS) is 11.2. The molecule has 4 aromatic rings. The average molecular weight is 364 g/mol. The maximum Gasteiger partial charge on any atom is 0.223 e. The second-order valence-corrected chi connectivity index (χ2v) is 6.12. The molecule has 8 heteroatoms. The topological polar surface area (TPSA) is 91.1 Å². The van der Waals surface area contributed by atoms with Crippen molar-refractivity contribution in [1.82, 2.24) is 24.1 Å². The molecule has 0 bridgehead atoms. The number of aryl methyl sites for hydroxylation is 1. The van der Waals surface area contributed by atoms with Gasteiger partial charge in [0.2, 0.25) is 5.91 Å². The van der Waals surface area contributed by atoms with Crippen LogP contribution in [0.2, 0.25) is 0 Å². The van der Waals surface area contributed by atoms with Crippen molar-refractivity contribution in [1.29, 1.82) is 0 Å². The predicted octanol–water partition coefficient (Wildman–Crippen LogP) is 2.45. The van der Waals surface area contributed by atoms with Crippen LogP contribution in [0.5, 0.6) is 0 Å². The molecule has 0 saturated heterocycles. The Balaban J connectivity index is 1.88. The second-order valence-electron chi connectivity index (χ2n) is 6.12. The molecule has 3 aromatic heterocycles. The molecule has 0 aliphatic rings. The number of carbonyl (C=O) groups excluding carboxylic acids is 1. The maximum atomic E-state index is 13.3. The van der Waals surface area contributed by atoms with Crippen LogP contribution in [0.1, 0.15) is 12.6 Å². The Hall–Kier alpha value is -3.55. The lowest BCUT2D eigenvalue weighted by Gasteiger charge is -2.09. The quantitative estimate of drug-likeness (QED) is 0.589. The number of benzene rings is 1. The first-order chi connectivity index (χ1) is 13.1. The van der Waals surface area contributed by atoms with Gasteiger partial charge in [0.25, 0.3) is 0 Å². The van der Waals surface area contributed by atoms with E-state index in [0.29, 0.717) is 29.3 Å². The summed E-state index contributed by atoms with van der Waals surface area (Å²) in [6.45, 7) is 2.70. The molecule has 0 fully saturated rings. The van der Waals surface area contributed by atoms with Crippen LogP contribution in [0.15, 0.2) is 48.9 Å². The standard InChI is InChI=1S/C19H17FN6O/c1-2-25-11-23-18(12-3-5-13(20)6-4-12)19(25)15-7-8-17-22-10-14(9-16(21)27)26(17)24-15/h3-8,10-11H,2,9H2,1H3,(H2,21,27).